The van der Waals surface area contributed by atoms with Crippen LogP contribution in [0.4, 0.5) is 5.69 Å². The molecule has 8 heteroatoms. The van der Waals surface area contributed by atoms with E-state index in [4.69, 9.17) is 9.72 Å². The third kappa shape index (κ3) is 5.39. The standard InChI is InChI=1S/C28H32N6O2/c1-18(2)16-36-26(35)13-22-15-34(10-9-29-22)23-12-21-11-20(7-8-24(21)30-14-23)27-28(32-17-31-27)25-6-4-5-19(3)33-25/h4-8,11-12,14,17-18,22,29H,9-10,13,15-16H2,1-3H3,(H,31,32). The zero-order valence-corrected chi connectivity index (χ0v) is 21.0. The monoisotopic (exact) mass is 484 g/mol. The number of piperazine rings is 1. The number of hydrogen-bond donors (Lipinski definition) is 2. The summed E-state index contributed by atoms with van der Waals surface area (Å²) in [6.07, 6.45) is 3.99. The minimum absolute atomic E-state index is 0.0499. The van der Waals surface area contributed by atoms with Gasteiger partial charge in [-0.1, -0.05) is 26.0 Å². The fourth-order valence-corrected chi connectivity index (χ4v) is 4.55. The number of ether oxygens (including phenoxy) is 1. The molecule has 4 heterocycles. The van der Waals surface area contributed by atoms with Gasteiger partial charge in [0.25, 0.3) is 0 Å². The first-order valence-corrected chi connectivity index (χ1v) is 12.5. The molecule has 5 rings (SSSR count). The zero-order chi connectivity index (χ0) is 25.1. The molecule has 0 saturated carbocycles. The van der Waals surface area contributed by atoms with Crippen molar-refractivity contribution >= 4 is 22.6 Å². The molecule has 36 heavy (non-hydrogen) atoms. The number of aromatic nitrogens is 4. The van der Waals surface area contributed by atoms with Crippen LogP contribution in [0.1, 0.15) is 26.0 Å². The lowest BCUT2D eigenvalue weighted by atomic mass is 10.0. The SMILES string of the molecule is Cc1cccc(-c2[nH]cnc2-c2ccc3ncc(N4CCNC(CC(=O)OCC(C)C)C4)cc3c2)n1. The zero-order valence-electron chi connectivity index (χ0n) is 21.0. The van der Waals surface area contributed by atoms with Crippen LogP contribution in [-0.2, 0) is 9.53 Å². The van der Waals surface area contributed by atoms with Gasteiger partial charge in [0, 0.05) is 42.3 Å². The smallest absolute Gasteiger partial charge is 0.307 e. The summed E-state index contributed by atoms with van der Waals surface area (Å²) < 4.78 is 5.38. The number of aryl methyl sites for hydroxylation is 1. The Hall–Kier alpha value is -3.78. The molecule has 1 aromatic carbocycles. The van der Waals surface area contributed by atoms with E-state index in [9.17, 15) is 4.79 Å². The highest BCUT2D eigenvalue weighted by Gasteiger charge is 2.23. The number of aromatic amines is 1. The molecule has 1 fully saturated rings. The first-order valence-electron chi connectivity index (χ1n) is 12.5. The van der Waals surface area contributed by atoms with E-state index in [-0.39, 0.29) is 12.0 Å². The Kier molecular flexibility index (Phi) is 6.95. The van der Waals surface area contributed by atoms with Gasteiger partial charge in [-0.3, -0.25) is 14.8 Å². The lowest BCUT2D eigenvalue weighted by Gasteiger charge is -2.34. The number of carbonyl (C=O) groups excluding carboxylic acids is 1. The maximum Gasteiger partial charge on any atom is 0.307 e. The third-order valence-corrected chi connectivity index (χ3v) is 6.34. The van der Waals surface area contributed by atoms with Gasteiger partial charge in [0.15, 0.2) is 0 Å². The highest BCUT2D eigenvalue weighted by Crippen LogP contribution is 2.31. The van der Waals surface area contributed by atoms with E-state index < -0.39 is 0 Å². The number of carbonyl (C=O) groups is 1. The molecule has 1 unspecified atom stereocenters. The number of nitrogens with one attached hydrogen (secondary N) is 2. The van der Waals surface area contributed by atoms with E-state index in [2.05, 4.69) is 37.3 Å². The molecule has 1 atom stereocenters. The van der Waals surface area contributed by atoms with Crippen LogP contribution >= 0.6 is 0 Å². The first-order chi connectivity index (χ1) is 17.5. The molecule has 2 N–H and O–H groups in total. The van der Waals surface area contributed by atoms with Gasteiger partial charge in [-0.25, -0.2) is 4.98 Å². The Morgan fingerprint density at radius 2 is 2.08 bits per heavy atom. The highest BCUT2D eigenvalue weighted by molar-refractivity contribution is 5.88. The van der Waals surface area contributed by atoms with Crippen molar-refractivity contribution in [1.29, 1.82) is 0 Å². The summed E-state index contributed by atoms with van der Waals surface area (Å²) in [6, 6.07) is 14.4. The number of anilines is 1. The normalized spacial score (nSPS) is 16.0. The largest absolute Gasteiger partial charge is 0.465 e. The van der Waals surface area contributed by atoms with E-state index in [1.165, 1.54) is 0 Å². The fourth-order valence-electron chi connectivity index (χ4n) is 4.55. The van der Waals surface area contributed by atoms with Crippen LogP contribution < -0.4 is 10.2 Å². The maximum atomic E-state index is 12.2. The first kappa shape index (κ1) is 23.9. The van der Waals surface area contributed by atoms with Crippen LogP contribution in [0, 0.1) is 12.8 Å². The van der Waals surface area contributed by atoms with Gasteiger partial charge in [0.2, 0.25) is 0 Å². The Morgan fingerprint density at radius 3 is 2.92 bits per heavy atom. The summed E-state index contributed by atoms with van der Waals surface area (Å²) in [5, 5.41) is 4.49. The number of nitrogens with zero attached hydrogens (tertiary/aromatic N) is 4. The lowest BCUT2D eigenvalue weighted by molar-refractivity contribution is -0.145. The molecule has 0 radical (unpaired) electrons. The van der Waals surface area contributed by atoms with E-state index >= 15 is 0 Å². The maximum absolute atomic E-state index is 12.2. The number of fused-ring (bicyclic) bond motifs is 1. The molecule has 0 aliphatic carbocycles. The minimum Gasteiger partial charge on any atom is -0.465 e. The van der Waals surface area contributed by atoms with Crippen LogP contribution in [0.15, 0.2) is 55.0 Å². The van der Waals surface area contributed by atoms with Crippen LogP contribution in [0.2, 0.25) is 0 Å². The number of benzene rings is 1. The van der Waals surface area contributed by atoms with Crippen molar-refractivity contribution in [3.8, 4) is 22.6 Å². The Bertz CT molecular complexity index is 1370. The predicted molar refractivity (Wildman–Crippen MR) is 142 cm³/mol. The second-order valence-electron chi connectivity index (χ2n) is 9.77. The van der Waals surface area contributed by atoms with Gasteiger partial charge in [0.05, 0.1) is 53.8 Å². The van der Waals surface area contributed by atoms with E-state index in [0.29, 0.717) is 18.9 Å². The quantitative estimate of drug-likeness (QED) is 0.376. The van der Waals surface area contributed by atoms with Crippen molar-refractivity contribution in [3.05, 3.63) is 60.7 Å². The topological polar surface area (TPSA) is 96.0 Å². The van der Waals surface area contributed by atoms with Crippen molar-refractivity contribution in [2.45, 2.75) is 33.2 Å². The van der Waals surface area contributed by atoms with Crippen molar-refractivity contribution < 1.29 is 9.53 Å². The average molecular weight is 485 g/mol. The summed E-state index contributed by atoms with van der Waals surface area (Å²) in [5.41, 5.74) is 6.57. The van der Waals surface area contributed by atoms with Crippen molar-refractivity contribution in [2.24, 2.45) is 5.92 Å². The van der Waals surface area contributed by atoms with Gasteiger partial charge < -0.3 is 19.9 Å². The molecule has 1 aliphatic rings. The Balaban J connectivity index is 1.36. The Labute approximate surface area is 211 Å². The molecule has 186 valence electrons. The Morgan fingerprint density at radius 1 is 1.19 bits per heavy atom. The summed E-state index contributed by atoms with van der Waals surface area (Å²) in [7, 11) is 0. The van der Waals surface area contributed by atoms with Gasteiger partial charge in [-0.2, -0.15) is 0 Å². The predicted octanol–water partition coefficient (Wildman–Crippen LogP) is 4.36. The van der Waals surface area contributed by atoms with Crippen molar-refractivity contribution in [1.82, 2.24) is 25.3 Å². The second-order valence-corrected chi connectivity index (χ2v) is 9.77. The van der Waals surface area contributed by atoms with Crippen LogP contribution in [0.5, 0.6) is 0 Å². The molecular formula is C28H32N6O2. The van der Waals surface area contributed by atoms with E-state index in [0.717, 1.165) is 64.6 Å². The molecule has 4 aromatic rings. The minimum atomic E-state index is -0.151. The summed E-state index contributed by atoms with van der Waals surface area (Å²) >= 11 is 0. The molecule has 0 spiro atoms. The third-order valence-electron chi connectivity index (χ3n) is 6.34. The molecule has 8 nitrogen and oxygen atoms in total. The molecule has 0 bridgehead atoms. The number of rotatable bonds is 7. The van der Waals surface area contributed by atoms with Crippen LogP contribution in [-0.4, -0.2) is 58.2 Å². The summed E-state index contributed by atoms with van der Waals surface area (Å²) in [5.74, 6) is 0.186. The summed E-state index contributed by atoms with van der Waals surface area (Å²) in [6.45, 7) is 8.91. The number of esters is 1. The van der Waals surface area contributed by atoms with E-state index in [1.54, 1.807) is 6.33 Å². The van der Waals surface area contributed by atoms with Gasteiger partial charge in [0.1, 0.15) is 0 Å². The van der Waals surface area contributed by atoms with Gasteiger partial charge >= 0.3 is 5.97 Å². The van der Waals surface area contributed by atoms with Crippen molar-refractivity contribution in [2.75, 3.05) is 31.1 Å². The second kappa shape index (κ2) is 10.5. The summed E-state index contributed by atoms with van der Waals surface area (Å²) in [4.78, 5) is 31.7. The molecule has 1 aliphatic heterocycles. The number of pyridine rings is 2. The van der Waals surface area contributed by atoms with Crippen LogP contribution in [0.25, 0.3) is 33.5 Å². The highest BCUT2D eigenvalue weighted by atomic mass is 16.5. The number of imidazole rings is 1. The van der Waals surface area contributed by atoms with Crippen LogP contribution in [0.3, 0.4) is 0 Å². The molecule has 3 aromatic heterocycles. The molecule has 0 amide bonds. The van der Waals surface area contributed by atoms with E-state index in [1.807, 2.05) is 57.3 Å². The average Bonchev–Trinajstić information content (AvgIpc) is 3.37. The van der Waals surface area contributed by atoms with Gasteiger partial charge in [-0.05, 0) is 43.2 Å². The molecule has 1 saturated heterocycles. The number of hydrogen-bond acceptors (Lipinski definition) is 7. The van der Waals surface area contributed by atoms with Crippen molar-refractivity contribution in [3.63, 3.8) is 0 Å². The lowest BCUT2D eigenvalue weighted by Crippen LogP contribution is -2.51. The number of H-pyrrole nitrogens is 1. The van der Waals surface area contributed by atoms with Gasteiger partial charge in [-0.15, -0.1) is 0 Å². The fraction of sp³-hybridized carbons (Fsp3) is 0.357. The molecular weight excluding hydrogens is 452 g/mol.